The van der Waals surface area contributed by atoms with E-state index in [0.717, 1.165) is 46.9 Å². The van der Waals surface area contributed by atoms with Gasteiger partial charge in [-0.25, -0.2) is 4.99 Å². The molecule has 7 heteroatoms. The largest absolute Gasteiger partial charge is 0.440 e. The molecular formula is C22H24BrN3O2S. The van der Waals surface area contributed by atoms with Crippen LogP contribution in [0.5, 0.6) is 0 Å². The van der Waals surface area contributed by atoms with Crippen molar-refractivity contribution in [2.75, 3.05) is 19.0 Å². The normalized spacial score (nSPS) is 20.8. The summed E-state index contributed by atoms with van der Waals surface area (Å²) in [5.74, 6) is 1.41. The van der Waals surface area contributed by atoms with Gasteiger partial charge >= 0.3 is 0 Å². The van der Waals surface area contributed by atoms with Gasteiger partial charge in [-0.3, -0.25) is 9.69 Å². The highest BCUT2D eigenvalue weighted by Gasteiger charge is 2.38. The van der Waals surface area contributed by atoms with Crippen LogP contribution in [0.25, 0.3) is 6.08 Å². The van der Waals surface area contributed by atoms with Crippen molar-refractivity contribution >= 4 is 56.4 Å². The van der Waals surface area contributed by atoms with E-state index in [4.69, 9.17) is 9.41 Å². The summed E-state index contributed by atoms with van der Waals surface area (Å²) in [6.45, 7) is 0. The van der Waals surface area contributed by atoms with E-state index in [1.807, 2.05) is 66.4 Å². The van der Waals surface area contributed by atoms with E-state index < -0.39 is 0 Å². The molecule has 29 heavy (non-hydrogen) atoms. The Bertz CT molecular complexity index is 946. The van der Waals surface area contributed by atoms with Crippen molar-refractivity contribution in [1.82, 2.24) is 4.90 Å². The zero-order valence-electron chi connectivity index (χ0n) is 16.6. The van der Waals surface area contributed by atoms with Gasteiger partial charge in [-0.2, -0.15) is 0 Å². The van der Waals surface area contributed by atoms with Crippen LogP contribution in [0.4, 0.5) is 11.6 Å². The second-order valence-corrected chi connectivity index (χ2v) is 9.37. The van der Waals surface area contributed by atoms with E-state index in [0.29, 0.717) is 10.7 Å². The Hall–Kier alpha value is -1.99. The molecule has 1 aromatic heterocycles. The zero-order chi connectivity index (χ0) is 20.4. The number of halogens is 1. The molecule has 0 radical (unpaired) electrons. The third-order valence-corrected chi connectivity index (χ3v) is 6.68. The van der Waals surface area contributed by atoms with Gasteiger partial charge in [0.05, 0.1) is 15.1 Å². The van der Waals surface area contributed by atoms with Gasteiger partial charge in [-0.1, -0.05) is 37.5 Å². The second-order valence-electron chi connectivity index (χ2n) is 7.50. The Morgan fingerprint density at radius 2 is 1.93 bits per heavy atom. The Kier molecular flexibility index (Phi) is 6.15. The van der Waals surface area contributed by atoms with Gasteiger partial charge in [0.2, 0.25) is 5.88 Å². The topological polar surface area (TPSA) is 49.1 Å². The molecule has 1 amide bonds. The summed E-state index contributed by atoms with van der Waals surface area (Å²) in [5.41, 5.74) is 0.862. The monoisotopic (exact) mass is 473 g/mol. The van der Waals surface area contributed by atoms with Crippen LogP contribution in [-0.2, 0) is 4.79 Å². The SMILES string of the molecule is CN(C)c1oc(/C=C2/SC(=Nc3ccccc3)N(C3CCCCC3)C2=O)cc1Br. The Morgan fingerprint density at radius 1 is 1.21 bits per heavy atom. The molecule has 1 saturated carbocycles. The van der Waals surface area contributed by atoms with Gasteiger partial charge in [-0.05, 0) is 52.7 Å². The summed E-state index contributed by atoms with van der Waals surface area (Å²) in [6.07, 6.45) is 7.46. The van der Waals surface area contributed by atoms with E-state index in [1.165, 1.54) is 18.2 Å². The summed E-state index contributed by atoms with van der Waals surface area (Å²) in [6, 6.07) is 11.9. The van der Waals surface area contributed by atoms with Crippen LogP contribution in [0.3, 0.4) is 0 Å². The third-order valence-electron chi connectivity index (χ3n) is 5.13. The number of anilines is 1. The molecule has 0 N–H and O–H groups in total. The second kappa shape index (κ2) is 8.79. The average molecular weight is 474 g/mol. The maximum atomic E-state index is 13.3. The summed E-state index contributed by atoms with van der Waals surface area (Å²) >= 11 is 4.95. The molecular weight excluding hydrogens is 450 g/mol. The maximum absolute atomic E-state index is 13.3. The van der Waals surface area contributed by atoms with Gasteiger partial charge in [-0.15, -0.1) is 0 Å². The minimum atomic E-state index is 0.0236. The molecule has 152 valence electrons. The molecule has 2 fully saturated rings. The fourth-order valence-electron chi connectivity index (χ4n) is 3.72. The number of nitrogens with zero attached hydrogens (tertiary/aromatic N) is 3. The summed E-state index contributed by atoms with van der Waals surface area (Å²) in [4.78, 5) is 22.6. The predicted octanol–water partition coefficient (Wildman–Crippen LogP) is 6.04. The van der Waals surface area contributed by atoms with Crippen LogP contribution in [0, 0.1) is 0 Å². The Labute approximate surface area is 184 Å². The lowest BCUT2D eigenvalue weighted by molar-refractivity contribution is -0.124. The molecule has 2 aliphatic rings. The molecule has 0 spiro atoms. The first-order chi connectivity index (χ1) is 14.0. The Balaban J connectivity index is 1.68. The standard InChI is InChI=1S/C22H24BrN3O2S/c1-25(2)21-18(23)13-17(28-21)14-19-20(27)26(16-11-7-4-8-12-16)22(29-19)24-15-9-5-3-6-10-15/h3,5-6,9-10,13-14,16H,4,7-8,11-12H2,1-2H3/b19-14+,24-22?. The zero-order valence-corrected chi connectivity index (χ0v) is 19.0. The minimum absolute atomic E-state index is 0.0236. The van der Waals surface area contributed by atoms with Crippen molar-refractivity contribution in [3.05, 3.63) is 51.5 Å². The van der Waals surface area contributed by atoms with Crippen molar-refractivity contribution < 1.29 is 9.21 Å². The molecule has 1 aromatic carbocycles. The van der Waals surface area contributed by atoms with Gasteiger partial charge in [0.15, 0.2) is 5.17 Å². The highest BCUT2D eigenvalue weighted by atomic mass is 79.9. The highest BCUT2D eigenvalue weighted by Crippen LogP contribution is 2.39. The van der Waals surface area contributed by atoms with Crippen LogP contribution in [0.15, 0.2) is 55.2 Å². The first kappa shape index (κ1) is 20.3. The lowest BCUT2D eigenvalue weighted by Crippen LogP contribution is -2.40. The molecule has 2 aromatic rings. The fourth-order valence-corrected chi connectivity index (χ4v) is 5.42. The number of para-hydroxylation sites is 1. The molecule has 4 rings (SSSR count). The predicted molar refractivity (Wildman–Crippen MR) is 124 cm³/mol. The quantitative estimate of drug-likeness (QED) is 0.507. The van der Waals surface area contributed by atoms with Crippen LogP contribution >= 0.6 is 27.7 Å². The van der Waals surface area contributed by atoms with E-state index in [1.54, 1.807) is 0 Å². The van der Waals surface area contributed by atoms with Crippen molar-refractivity contribution in [1.29, 1.82) is 0 Å². The number of amidine groups is 1. The van der Waals surface area contributed by atoms with E-state index in [2.05, 4.69) is 15.9 Å². The highest BCUT2D eigenvalue weighted by molar-refractivity contribution is 9.10. The number of furan rings is 1. The van der Waals surface area contributed by atoms with Gasteiger partial charge in [0, 0.05) is 32.3 Å². The number of carbonyl (C=O) groups excluding carboxylic acids is 1. The summed E-state index contributed by atoms with van der Waals surface area (Å²) < 4.78 is 6.77. The van der Waals surface area contributed by atoms with Crippen LogP contribution in [0.2, 0.25) is 0 Å². The molecule has 0 bridgehead atoms. The van der Waals surface area contributed by atoms with Gasteiger partial charge < -0.3 is 9.32 Å². The average Bonchev–Trinajstić information content (AvgIpc) is 3.23. The van der Waals surface area contributed by atoms with Gasteiger partial charge in [0.25, 0.3) is 5.91 Å². The summed E-state index contributed by atoms with van der Waals surface area (Å²) in [5, 5.41) is 0.762. The first-order valence-corrected chi connectivity index (χ1v) is 11.5. The number of aliphatic imine (C=N–C) groups is 1. The van der Waals surface area contributed by atoms with Gasteiger partial charge in [0.1, 0.15) is 5.76 Å². The number of thioether (sulfide) groups is 1. The number of hydrogen-bond acceptors (Lipinski definition) is 5. The number of rotatable bonds is 4. The number of carbonyl (C=O) groups is 1. The maximum Gasteiger partial charge on any atom is 0.267 e. The molecule has 1 saturated heterocycles. The van der Waals surface area contributed by atoms with E-state index in [-0.39, 0.29) is 11.9 Å². The molecule has 2 heterocycles. The van der Waals surface area contributed by atoms with E-state index in [9.17, 15) is 4.79 Å². The molecule has 0 unspecified atom stereocenters. The molecule has 5 nitrogen and oxygen atoms in total. The van der Waals surface area contributed by atoms with Crippen molar-refractivity contribution in [2.45, 2.75) is 38.1 Å². The van der Waals surface area contributed by atoms with Crippen LogP contribution < -0.4 is 4.90 Å². The van der Waals surface area contributed by atoms with Crippen LogP contribution in [0.1, 0.15) is 37.9 Å². The summed E-state index contributed by atoms with van der Waals surface area (Å²) in [7, 11) is 3.84. The lowest BCUT2D eigenvalue weighted by atomic mass is 9.94. The van der Waals surface area contributed by atoms with Crippen LogP contribution in [-0.4, -0.2) is 36.1 Å². The lowest BCUT2D eigenvalue weighted by Gasteiger charge is -2.30. The minimum Gasteiger partial charge on any atom is -0.440 e. The number of amides is 1. The van der Waals surface area contributed by atoms with Crippen molar-refractivity contribution in [2.24, 2.45) is 4.99 Å². The molecule has 1 aliphatic heterocycles. The fraction of sp³-hybridized carbons (Fsp3) is 0.364. The number of hydrogen-bond donors (Lipinski definition) is 0. The molecule has 1 aliphatic carbocycles. The Morgan fingerprint density at radius 3 is 2.59 bits per heavy atom. The van der Waals surface area contributed by atoms with Crippen molar-refractivity contribution in [3.63, 3.8) is 0 Å². The van der Waals surface area contributed by atoms with E-state index >= 15 is 0 Å². The first-order valence-electron chi connectivity index (χ1n) is 9.86. The third kappa shape index (κ3) is 4.46. The van der Waals surface area contributed by atoms with Crippen molar-refractivity contribution in [3.8, 4) is 0 Å². The smallest absolute Gasteiger partial charge is 0.267 e. The number of benzene rings is 1. The molecule has 0 atom stereocenters.